The Kier molecular flexibility index (Phi) is 4.99. The lowest BCUT2D eigenvalue weighted by Crippen LogP contribution is -2.54. The third-order valence-electron chi connectivity index (χ3n) is 4.51. The number of fused-ring (bicyclic) bond motifs is 2. The summed E-state index contributed by atoms with van der Waals surface area (Å²) in [6.45, 7) is 6.57. The van der Waals surface area contributed by atoms with Gasteiger partial charge in [-0.25, -0.2) is 4.79 Å². The molecule has 19 heavy (non-hydrogen) atoms. The highest BCUT2D eigenvalue weighted by atomic mass is 16.5. The quantitative estimate of drug-likeness (QED) is 0.607. The predicted octanol–water partition coefficient (Wildman–Crippen LogP) is 1.71. The van der Waals surface area contributed by atoms with E-state index < -0.39 is 0 Å². The molecule has 4 nitrogen and oxygen atoms in total. The third kappa shape index (κ3) is 3.57. The van der Waals surface area contributed by atoms with Crippen LogP contribution < -0.4 is 5.32 Å². The Labute approximate surface area is 116 Å². The minimum Gasteiger partial charge on any atom is -0.463 e. The SMILES string of the molecule is C=C(CNC1CC2CCCC(C1)N2C)C(=O)OCC. The molecule has 2 aliphatic rings. The van der Waals surface area contributed by atoms with Crippen molar-refractivity contribution in [3.05, 3.63) is 12.2 Å². The molecular formula is C15H26N2O2. The number of piperidine rings is 2. The smallest absolute Gasteiger partial charge is 0.334 e. The molecule has 4 heteroatoms. The lowest BCUT2D eigenvalue weighted by atomic mass is 9.82. The van der Waals surface area contributed by atoms with Gasteiger partial charge in [-0.1, -0.05) is 13.0 Å². The number of hydrogen-bond acceptors (Lipinski definition) is 4. The van der Waals surface area contributed by atoms with E-state index in [0.717, 1.165) is 0 Å². The van der Waals surface area contributed by atoms with Gasteiger partial charge < -0.3 is 15.0 Å². The Hall–Kier alpha value is -0.870. The second-order valence-corrected chi connectivity index (χ2v) is 5.78. The van der Waals surface area contributed by atoms with Crippen LogP contribution in [0, 0.1) is 0 Å². The molecule has 2 atom stereocenters. The number of nitrogens with one attached hydrogen (secondary N) is 1. The molecule has 0 radical (unpaired) electrons. The van der Waals surface area contributed by atoms with Gasteiger partial charge in [-0.15, -0.1) is 0 Å². The van der Waals surface area contributed by atoms with Gasteiger partial charge in [0.15, 0.2) is 0 Å². The van der Waals surface area contributed by atoms with Crippen molar-refractivity contribution in [2.75, 3.05) is 20.2 Å². The molecule has 0 amide bonds. The van der Waals surface area contributed by atoms with Gasteiger partial charge >= 0.3 is 5.97 Å². The van der Waals surface area contributed by atoms with E-state index in [2.05, 4.69) is 23.8 Å². The van der Waals surface area contributed by atoms with E-state index in [9.17, 15) is 4.79 Å². The Morgan fingerprint density at radius 3 is 2.58 bits per heavy atom. The van der Waals surface area contributed by atoms with Gasteiger partial charge in [0.2, 0.25) is 0 Å². The second-order valence-electron chi connectivity index (χ2n) is 5.78. The summed E-state index contributed by atoms with van der Waals surface area (Å²) in [6.07, 6.45) is 6.35. The number of carbonyl (C=O) groups is 1. The first-order valence-electron chi connectivity index (χ1n) is 7.42. The molecule has 2 bridgehead atoms. The normalized spacial score (nSPS) is 30.9. The van der Waals surface area contributed by atoms with Crippen LogP contribution in [0.2, 0.25) is 0 Å². The van der Waals surface area contributed by atoms with Gasteiger partial charge in [0.1, 0.15) is 0 Å². The van der Waals surface area contributed by atoms with E-state index in [0.29, 0.717) is 36.9 Å². The molecule has 0 aromatic heterocycles. The molecule has 108 valence electrons. The largest absolute Gasteiger partial charge is 0.463 e. The van der Waals surface area contributed by atoms with Crippen LogP contribution in [-0.4, -0.2) is 49.2 Å². The fraction of sp³-hybridized carbons (Fsp3) is 0.800. The minimum atomic E-state index is -0.275. The van der Waals surface area contributed by atoms with Crippen molar-refractivity contribution in [3.8, 4) is 0 Å². The molecule has 2 rings (SSSR count). The zero-order chi connectivity index (χ0) is 13.8. The van der Waals surface area contributed by atoms with E-state index in [4.69, 9.17) is 4.74 Å². The maximum atomic E-state index is 11.5. The fourth-order valence-corrected chi connectivity index (χ4v) is 3.36. The standard InChI is InChI=1S/C15H26N2O2/c1-4-19-15(18)11(2)10-16-12-8-13-6-5-7-14(9-12)17(13)3/h12-14,16H,2,4-10H2,1,3H3. The van der Waals surface area contributed by atoms with Gasteiger partial charge in [-0.3, -0.25) is 0 Å². The number of rotatable bonds is 5. The van der Waals surface area contributed by atoms with Crippen molar-refractivity contribution in [2.24, 2.45) is 0 Å². The van der Waals surface area contributed by atoms with Crippen LogP contribution in [0.15, 0.2) is 12.2 Å². The summed E-state index contributed by atoms with van der Waals surface area (Å²) in [5.41, 5.74) is 0.533. The summed E-state index contributed by atoms with van der Waals surface area (Å²) in [5.74, 6) is -0.275. The summed E-state index contributed by atoms with van der Waals surface area (Å²) < 4.78 is 4.95. The van der Waals surface area contributed by atoms with Crippen molar-refractivity contribution < 1.29 is 9.53 Å². The Morgan fingerprint density at radius 1 is 1.37 bits per heavy atom. The Balaban J connectivity index is 1.78. The molecule has 1 N–H and O–H groups in total. The second kappa shape index (κ2) is 6.53. The lowest BCUT2D eigenvalue weighted by Gasteiger charge is -2.47. The van der Waals surface area contributed by atoms with E-state index in [1.54, 1.807) is 0 Å². The lowest BCUT2D eigenvalue weighted by molar-refractivity contribution is -0.138. The zero-order valence-corrected chi connectivity index (χ0v) is 12.2. The summed E-state index contributed by atoms with van der Waals surface area (Å²) in [7, 11) is 2.25. The van der Waals surface area contributed by atoms with Crippen molar-refractivity contribution >= 4 is 5.97 Å². The molecule has 2 saturated heterocycles. The number of esters is 1. The molecule has 0 spiro atoms. The van der Waals surface area contributed by atoms with E-state index in [1.165, 1.54) is 32.1 Å². The van der Waals surface area contributed by atoms with E-state index in [-0.39, 0.29) is 5.97 Å². The molecule has 2 heterocycles. The van der Waals surface area contributed by atoms with Crippen LogP contribution in [0.3, 0.4) is 0 Å². The maximum absolute atomic E-state index is 11.5. The number of hydrogen-bond donors (Lipinski definition) is 1. The monoisotopic (exact) mass is 266 g/mol. The van der Waals surface area contributed by atoms with E-state index >= 15 is 0 Å². The van der Waals surface area contributed by atoms with Crippen LogP contribution in [0.25, 0.3) is 0 Å². The fourth-order valence-electron chi connectivity index (χ4n) is 3.36. The molecule has 0 aliphatic carbocycles. The van der Waals surface area contributed by atoms with Crippen molar-refractivity contribution in [3.63, 3.8) is 0 Å². The number of carbonyl (C=O) groups excluding carboxylic acids is 1. The number of ether oxygens (including phenoxy) is 1. The Morgan fingerprint density at radius 2 is 2.00 bits per heavy atom. The highest BCUT2D eigenvalue weighted by Gasteiger charge is 2.35. The van der Waals surface area contributed by atoms with Gasteiger partial charge in [0.05, 0.1) is 6.61 Å². The molecule has 2 fully saturated rings. The average Bonchev–Trinajstić information content (AvgIpc) is 2.36. The highest BCUT2D eigenvalue weighted by molar-refractivity contribution is 5.88. The molecule has 2 unspecified atom stereocenters. The van der Waals surface area contributed by atoms with Crippen LogP contribution in [-0.2, 0) is 9.53 Å². The van der Waals surface area contributed by atoms with Crippen molar-refractivity contribution in [1.82, 2.24) is 10.2 Å². The van der Waals surface area contributed by atoms with Crippen LogP contribution >= 0.6 is 0 Å². The first kappa shape index (κ1) is 14.5. The first-order chi connectivity index (χ1) is 9.11. The van der Waals surface area contributed by atoms with Gasteiger partial charge in [0, 0.05) is 30.2 Å². The number of nitrogens with zero attached hydrogens (tertiary/aromatic N) is 1. The zero-order valence-electron chi connectivity index (χ0n) is 12.2. The topological polar surface area (TPSA) is 41.6 Å². The first-order valence-corrected chi connectivity index (χ1v) is 7.42. The van der Waals surface area contributed by atoms with Crippen LogP contribution in [0.4, 0.5) is 0 Å². The van der Waals surface area contributed by atoms with Gasteiger partial charge in [-0.2, -0.15) is 0 Å². The minimum absolute atomic E-state index is 0.275. The highest BCUT2D eigenvalue weighted by Crippen LogP contribution is 2.32. The van der Waals surface area contributed by atoms with Gasteiger partial charge in [0.25, 0.3) is 0 Å². The molecular weight excluding hydrogens is 240 g/mol. The molecule has 0 aromatic rings. The summed E-state index contributed by atoms with van der Waals surface area (Å²) >= 11 is 0. The molecule has 2 aliphatic heterocycles. The van der Waals surface area contributed by atoms with E-state index in [1.807, 2.05) is 6.92 Å². The molecule has 0 saturated carbocycles. The van der Waals surface area contributed by atoms with Crippen LogP contribution in [0.5, 0.6) is 0 Å². The van der Waals surface area contributed by atoms with Crippen molar-refractivity contribution in [2.45, 2.75) is 57.2 Å². The summed E-state index contributed by atoms with van der Waals surface area (Å²) in [5, 5.41) is 3.48. The average molecular weight is 266 g/mol. The maximum Gasteiger partial charge on any atom is 0.334 e. The molecule has 0 aromatic carbocycles. The Bertz CT molecular complexity index is 329. The summed E-state index contributed by atoms with van der Waals surface area (Å²) in [4.78, 5) is 14.0. The summed E-state index contributed by atoms with van der Waals surface area (Å²) in [6, 6.07) is 1.93. The third-order valence-corrected chi connectivity index (χ3v) is 4.51. The van der Waals surface area contributed by atoms with Gasteiger partial charge in [-0.05, 0) is 39.7 Å². The van der Waals surface area contributed by atoms with Crippen molar-refractivity contribution in [1.29, 1.82) is 0 Å². The van der Waals surface area contributed by atoms with Crippen LogP contribution in [0.1, 0.15) is 39.0 Å². The predicted molar refractivity (Wildman–Crippen MR) is 76.0 cm³/mol.